The lowest BCUT2D eigenvalue weighted by Gasteiger charge is -2.67. The van der Waals surface area contributed by atoms with Gasteiger partial charge >= 0.3 is 11.9 Å². The predicted octanol–water partition coefficient (Wildman–Crippen LogP) is 3.27. The summed E-state index contributed by atoms with van der Waals surface area (Å²) in [5.74, 6) is -2.02. The van der Waals surface area contributed by atoms with E-state index in [9.17, 15) is 29.7 Å². The third kappa shape index (κ3) is 3.63. The Morgan fingerprint density at radius 1 is 1.21 bits per heavy atom. The molecule has 8 nitrogen and oxygen atoms in total. The minimum atomic E-state index is -1.54. The minimum Gasteiger partial charge on any atom is -0.465 e. The van der Waals surface area contributed by atoms with E-state index >= 15 is 0 Å². The van der Waals surface area contributed by atoms with Gasteiger partial charge in [0.1, 0.15) is 17.3 Å². The molecule has 3 fully saturated rings. The largest absolute Gasteiger partial charge is 0.465 e. The van der Waals surface area contributed by atoms with Crippen LogP contribution in [0, 0.1) is 39.9 Å². The van der Waals surface area contributed by atoms with Crippen LogP contribution in [0.4, 0.5) is 0 Å². The SMILES string of the molecule is CC(=O)OC[C@]12CC[C@H]3[C@@H](C[C@@H](O)[C@@]4(O)CC=CC(=O)[C@]34C)[C@]1(C)CC[C@@H]2[C@@](C)(O)[C@H]1C=C(C)C(C)C(=O)O1. The number of ketones is 1. The topological polar surface area (TPSA) is 130 Å². The zero-order chi connectivity index (χ0) is 28.8. The number of hydrogen-bond donors (Lipinski definition) is 3. The number of allylic oxidation sites excluding steroid dienone is 1. The lowest BCUT2D eigenvalue weighted by Crippen LogP contribution is -2.71. The monoisotopic (exact) mass is 544 g/mol. The molecule has 0 saturated heterocycles. The van der Waals surface area contributed by atoms with Crippen molar-refractivity contribution in [1.29, 1.82) is 0 Å². The summed E-state index contributed by atoms with van der Waals surface area (Å²) in [6.45, 7) is 10.8. The number of fused-ring (bicyclic) bond motifs is 5. The van der Waals surface area contributed by atoms with Crippen molar-refractivity contribution < 1.29 is 39.2 Å². The quantitative estimate of drug-likeness (QED) is 0.363. The van der Waals surface area contributed by atoms with Crippen molar-refractivity contribution in [3.63, 3.8) is 0 Å². The zero-order valence-electron chi connectivity index (χ0n) is 24.0. The first kappa shape index (κ1) is 28.5. The van der Waals surface area contributed by atoms with E-state index in [1.165, 1.54) is 6.92 Å². The highest BCUT2D eigenvalue weighted by Gasteiger charge is 2.74. The number of aliphatic hydroxyl groups is 3. The summed E-state index contributed by atoms with van der Waals surface area (Å²) in [6, 6.07) is 0. The van der Waals surface area contributed by atoms with Crippen molar-refractivity contribution in [2.45, 2.75) is 103 Å². The second kappa shape index (κ2) is 8.98. The highest BCUT2D eigenvalue weighted by atomic mass is 16.6. The molecule has 11 atom stereocenters. The second-order valence-corrected chi connectivity index (χ2v) is 13.8. The van der Waals surface area contributed by atoms with Gasteiger partial charge in [0.15, 0.2) is 5.78 Å². The van der Waals surface area contributed by atoms with Crippen LogP contribution in [0.5, 0.6) is 0 Å². The fourth-order valence-electron chi connectivity index (χ4n) is 9.66. The van der Waals surface area contributed by atoms with E-state index in [2.05, 4.69) is 6.92 Å². The van der Waals surface area contributed by atoms with Crippen molar-refractivity contribution in [2.24, 2.45) is 39.9 Å². The zero-order valence-corrected chi connectivity index (χ0v) is 24.0. The van der Waals surface area contributed by atoms with Gasteiger partial charge in [0.2, 0.25) is 0 Å². The fraction of sp³-hybridized carbons (Fsp3) is 0.774. The van der Waals surface area contributed by atoms with E-state index in [4.69, 9.17) is 9.47 Å². The molecule has 0 amide bonds. The average molecular weight is 545 g/mol. The molecule has 39 heavy (non-hydrogen) atoms. The maximum Gasteiger partial charge on any atom is 0.313 e. The molecule has 0 aromatic heterocycles. The Morgan fingerprint density at radius 2 is 1.90 bits per heavy atom. The molecule has 4 aliphatic carbocycles. The van der Waals surface area contributed by atoms with E-state index in [-0.39, 0.29) is 48.5 Å². The highest BCUT2D eigenvalue weighted by Crippen LogP contribution is 2.74. The van der Waals surface area contributed by atoms with Gasteiger partial charge in [-0.05, 0) is 95.6 Å². The fourth-order valence-corrected chi connectivity index (χ4v) is 9.66. The van der Waals surface area contributed by atoms with Crippen LogP contribution >= 0.6 is 0 Å². The van der Waals surface area contributed by atoms with Crippen LogP contribution in [0.1, 0.15) is 80.1 Å². The molecule has 1 heterocycles. The summed E-state index contributed by atoms with van der Waals surface area (Å²) in [5, 5.41) is 35.3. The summed E-state index contributed by atoms with van der Waals surface area (Å²) in [6.07, 6.45) is 6.09. The third-order valence-corrected chi connectivity index (χ3v) is 12.4. The molecular formula is C31H44O8. The van der Waals surface area contributed by atoms with Crippen LogP contribution in [0.25, 0.3) is 0 Å². The molecule has 0 aromatic carbocycles. The van der Waals surface area contributed by atoms with E-state index < -0.39 is 45.6 Å². The summed E-state index contributed by atoms with van der Waals surface area (Å²) in [5.41, 5.74) is -4.47. The standard InChI is InChI=1S/C31H44O8/c1-17-14-25(39-26(35)18(17)2)29(6,36)22-10-12-27(4)21-15-24(34)31(37)11-7-8-23(33)28(31,5)20(21)9-13-30(22,27)16-38-19(3)32/h7-8,14,18,20-22,24-25,34,36-37H,9-13,15-16H2,1-6H3/t18?,20-,21+,22+,24+,25+,27-,28-,29+,30-,31-/m0/s1. The Morgan fingerprint density at radius 3 is 2.54 bits per heavy atom. The van der Waals surface area contributed by atoms with Crippen molar-refractivity contribution in [1.82, 2.24) is 0 Å². The Balaban J connectivity index is 1.59. The number of rotatable bonds is 4. The third-order valence-electron chi connectivity index (χ3n) is 12.4. The van der Waals surface area contributed by atoms with E-state index in [1.54, 1.807) is 32.9 Å². The minimum absolute atomic E-state index is 0.0908. The molecular weight excluding hydrogens is 500 g/mol. The van der Waals surface area contributed by atoms with Crippen molar-refractivity contribution >= 4 is 17.7 Å². The van der Waals surface area contributed by atoms with Gasteiger partial charge in [-0.1, -0.05) is 18.6 Å². The van der Waals surface area contributed by atoms with Gasteiger partial charge in [-0.25, -0.2) is 0 Å². The van der Waals surface area contributed by atoms with Crippen LogP contribution in [0.3, 0.4) is 0 Å². The number of aliphatic hydroxyl groups excluding tert-OH is 1. The highest BCUT2D eigenvalue weighted by molar-refractivity contribution is 5.97. The molecule has 5 rings (SSSR count). The van der Waals surface area contributed by atoms with Gasteiger partial charge in [-0.3, -0.25) is 14.4 Å². The van der Waals surface area contributed by atoms with E-state index in [0.29, 0.717) is 32.1 Å². The lowest BCUT2D eigenvalue weighted by molar-refractivity contribution is -0.257. The van der Waals surface area contributed by atoms with Gasteiger partial charge in [-0.15, -0.1) is 0 Å². The van der Waals surface area contributed by atoms with Crippen LogP contribution < -0.4 is 0 Å². The van der Waals surface area contributed by atoms with Crippen LogP contribution in [-0.4, -0.2) is 63.1 Å². The maximum absolute atomic E-state index is 13.4. The lowest BCUT2D eigenvalue weighted by atomic mass is 9.38. The molecule has 3 saturated carbocycles. The van der Waals surface area contributed by atoms with Gasteiger partial charge in [0.25, 0.3) is 0 Å². The molecule has 0 bridgehead atoms. The van der Waals surface area contributed by atoms with E-state index in [0.717, 1.165) is 5.57 Å². The molecule has 0 aromatic rings. The van der Waals surface area contributed by atoms with Gasteiger partial charge < -0.3 is 24.8 Å². The second-order valence-electron chi connectivity index (χ2n) is 13.8. The Labute approximate surface area is 230 Å². The average Bonchev–Trinajstić information content (AvgIpc) is 3.18. The van der Waals surface area contributed by atoms with Gasteiger partial charge in [-0.2, -0.15) is 0 Å². The molecule has 8 heteroatoms. The summed E-state index contributed by atoms with van der Waals surface area (Å²) >= 11 is 0. The van der Waals surface area contributed by atoms with Crippen LogP contribution in [0.2, 0.25) is 0 Å². The number of carbonyl (C=O) groups excluding carboxylic acids is 3. The Hall–Kier alpha value is -2.03. The first-order valence-corrected chi connectivity index (χ1v) is 14.4. The molecule has 216 valence electrons. The smallest absolute Gasteiger partial charge is 0.313 e. The molecule has 3 N–H and O–H groups in total. The summed E-state index contributed by atoms with van der Waals surface area (Å²) < 4.78 is 11.5. The van der Waals surface area contributed by atoms with Crippen molar-refractivity contribution in [3.8, 4) is 0 Å². The Kier molecular flexibility index (Phi) is 6.57. The molecule has 0 radical (unpaired) electrons. The number of ether oxygens (including phenoxy) is 2. The molecule has 5 aliphatic rings. The summed E-state index contributed by atoms with van der Waals surface area (Å²) in [7, 11) is 0. The number of cyclic esters (lactones) is 1. The number of carbonyl (C=O) groups is 3. The number of hydrogen-bond acceptors (Lipinski definition) is 8. The first-order chi connectivity index (χ1) is 18.1. The first-order valence-electron chi connectivity index (χ1n) is 14.4. The van der Waals surface area contributed by atoms with Crippen LogP contribution in [-0.2, 0) is 23.9 Å². The Bertz CT molecular complexity index is 1140. The molecule has 0 spiro atoms. The number of esters is 2. The molecule has 1 unspecified atom stereocenters. The van der Waals surface area contributed by atoms with Crippen LogP contribution in [0.15, 0.2) is 23.8 Å². The van der Waals surface area contributed by atoms with E-state index in [1.807, 2.05) is 13.0 Å². The maximum atomic E-state index is 13.4. The predicted molar refractivity (Wildman–Crippen MR) is 142 cm³/mol. The van der Waals surface area contributed by atoms with Gasteiger partial charge in [0, 0.05) is 18.3 Å². The van der Waals surface area contributed by atoms with Crippen molar-refractivity contribution in [2.75, 3.05) is 6.61 Å². The normalized spacial score (nSPS) is 48.7. The summed E-state index contributed by atoms with van der Waals surface area (Å²) in [4.78, 5) is 38.2. The van der Waals surface area contributed by atoms with Gasteiger partial charge in [0.05, 0.1) is 24.0 Å². The van der Waals surface area contributed by atoms with Crippen molar-refractivity contribution in [3.05, 3.63) is 23.8 Å². The molecule has 1 aliphatic heterocycles.